The summed E-state index contributed by atoms with van der Waals surface area (Å²) in [6.45, 7) is 4.13. The van der Waals surface area contributed by atoms with Crippen molar-refractivity contribution in [3.63, 3.8) is 0 Å². The van der Waals surface area contributed by atoms with Crippen molar-refractivity contribution in [3.05, 3.63) is 33.9 Å². The average molecular weight is 434 g/mol. The smallest absolute Gasteiger partial charge is 0.270 e. The van der Waals surface area contributed by atoms with Crippen molar-refractivity contribution < 1.29 is 14.3 Å². The Kier molecular flexibility index (Phi) is 5.14. The summed E-state index contributed by atoms with van der Waals surface area (Å²) < 4.78 is 14.0. The number of rotatable bonds is 3. The molecule has 1 aromatic carbocycles. The molecule has 4 rings (SSSR count). The van der Waals surface area contributed by atoms with E-state index in [0.717, 1.165) is 72.7 Å². The van der Waals surface area contributed by atoms with E-state index in [2.05, 4.69) is 25.8 Å². The maximum Gasteiger partial charge on any atom is 0.270 e. The quantitative estimate of drug-likeness (QED) is 0.808. The first kappa shape index (κ1) is 18.4. The number of carbonyl (C=O) groups excluding carboxylic acids is 1. The summed E-state index contributed by atoms with van der Waals surface area (Å²) in [5.74, 6) is 1.54. The number of ether oxygens (including phenoxy) is 2. The molecule has 0 saturated carbocycles. The van der Waals surface area contributed by atoms with Gasteiger partial charge in [-0.2, -0.15) is 0 Å². The topological polar surface area (TPSA) is 55.7 Å². The van der Waals surface area contributed by atoms with Gasteiger partial charge < -0.3 is 24.3 Å². The lowest BCUT2D eigenvalue weighted by Gasteiger charge is -2.25. The molecule has 1 fully saturated rings. The molecule has 0 aliphatic carbocycles. The first-order valence-corrected chi connectivity index (χ1v) is 10.1. The van der Waals surface area contributed by atoms with Gasteiger partial charge in [-0.15, -0.1) is 0 Å². The molecule has 7 heteroatoms. The van der Waals surface area contributed by atoms with Gasteiger partial charge in [0, 0.05) is 36.2 Å². The third-order valence-corrected chi connectivity index (χ3v) is 5.97. The van der Waals surface area contributed by atoms with E-state index >= 15 is 0 Å². The van der Waals surface area contributed by atoms with E-state index in [0.29, 0.717) is 5.75 Å². The molecule has 0 spiro atoms. The lowest BCUT2D eigenvalue weighted by Crippen LogP contribution is -2.35. The molecule has 0 radical (unpaired) electrons. The van der Waals surface area contributed by atoms with Crippen molar-refractivity contribution in [2.24, 2.45) is 0 Å². The molecule has 0 atom stereocenters. The molecular formula is C20H24BrN3O3. The molecule has 0 unspecified atom stereocenters. The highest BCUT2D eigenvalue weighted by Gasteiger charge is 2.28. The van der Waals surface area contributed by atoms with Gasteiger partial charge in [-0.3, -0.25) is 4.79 Å². The van der Waals surface area contributed by atoms with Crippen LogP contribution in [-0.2, 0) is 13.0 Å². The molecule has 1 aromatic heterocycles. The zero-order valence-electron chi connectivity index (χ0n) is 15.7. The highest BCUT2D eigenvalue weighted by molar-refractivity contribution is 9.10. The second-order valence-corrected chi connectivity index (χ2v) is 7.74. The molecule has 27 heavy (non-hydrogen) atoms. The van der Waals surface area contributed by atoms with Crippen LogP contribution in [0.15, 0.2) is 22.7 Å². The molecule has 3 heterocycles. The Morgan fingerprint density at radius 2 is 1.85 bits per heavy atom. The lowest BCUT2D eigenvalue weighted by molar-refractivity contribution is 0.0755. The van der Waals surface area contributed by atoms with Crippen molar-refractivity contribution in [2.75, 3.05) is 40.4 Å². The predicted octanol–water partition coefficient (Wildman–Crippen LogP) is 2.93. The number of methoxy groups -OCH3 is 2. The maximum absolute atomic E-state index is 13.2. The van der Waals surface area contributed by atoms with Crippen LogP contribution in [0.4, 0.5) is 0 Å². The van der Waals surface area contributed by atoms with Crippen LogP contribution in [0, 0.1) is 0 Å². The second-order valence-electron chi connectivity index (χ2n) is 6.89. The van der Waals surface area contributed by atoms with Gasteiger partial charge in [0.1, 0.15) is 5.69 Å². The number of nitrogens with zero attached hydrogens (tertiary/aromatic N) is 2. The van der Waals surface area contributed by atoms with E-state index in [1.807, 2.05) is 23.1 Å². The Hall–Kier alpha value is -1.99. The number of aromatic nitrogens is 1. The van der Waals surface area contributed by atoms with E-state index in [-0.39, 0.29) is 5.91 Å². The Morgan fingerprint density at radius 3 is 2.63 bits per heavy atom. The monoisotopic (exact) mass is 433 g/mol. The summed E-state index contributed by atoms with van der Waals surface area (Å²) in [4.78, 5) is 15.1. The minimum absolute atomic E-state index is 0.106. The third kappa shape index (κ3) is 3.23. The number of hydrogen-bond acceptors (Lipinski definition) is 4. The summed E-state index contributed by atoms with van der Waals surface area (Å²) in [6, 6.07) is 6.01. The number of benzene rings is 1. The van der Waals surface area contributed by atoms with Crippen LogP contribution in [0.25, 0.3) is 11.3 Å². The number of carbonyl (C=O) groups is 1. The van der Waals surface area contributed by atoms with Gasteiger partial charge in [0.25, 0.3) is 5.91 Å². The SMILES string of the molecule is COc1cc2c(cc1OC)-c1c(Br)cc(C(=O)N3CCCNCC3)n1CC2. The van der Waals surface area contributed by atoms with Gasteiger partial charge >= 0.3 is 0 Å². The highest BCUT2D eigenvalue weighted by atomic mass is 79.9. The van der Waals surface area contributed by atoms with Gasteiger partial charge in [0.15, 0.2) is 11.5 Å². The lowest BCUT2D eigenvalue weighted by atomic mass is 9.97. The van der Waals surface area contributed by atoms with E-state index in [1.54, 1.807) is 14.2 Å². The number of fused-ring (bicyclic) bond motifs is 3. The second kappa shape index (κ2) is 7.56. The molecule has 6 nitrogen and oxygen atoms in total. The first-order valence-electron chi connectivity index (χ1n) is 9.28. The molecule has 2 aliphatic rings. The fourth-order valence-corrected chi connectivity index (χ4v) is 4.64. The summed E-state index contributed by atoms with van der Waals surface area (Å²) in [5.41, 5.74) is 4.08. The molecule has 1 saturated heterocycles. The largest absolute Gasteiger partial charge is 0.493 e. The van der Waals surface area contributed by atoms with Gasteiger partial charge in [-0.05, 0) is 59.1 Å². The fraction of sp³-hybridized carbons (Fsp3) is 0.450. The number of hydrogen-bond donors (Lipinski definition) is 1. The number of nitrogens with one attached hydrogen (secondary N) is 1. The van der Waals surface area contributed by atoms with Gasteiger partial charge in [0.2, 0.25) is 0 Å². The zero-order valence-corrected chi connectivity index (χ0v) is 17.3. The summed E-state index contributed by atoms with van der Waals surface area (Å²) in [7, 11) is 3.29. The predicted molar refractivity (Wildman–Crippen MR) is 108 cm³/mol. The minimum atomic E-state index is 0.106. The van der Waals surface area contributed by atoms with Gasteiger partial charge in [-0.1, -0.05) is 0 Å². The molecular weight excluding hydrogens is 410 g/mol. The molecule has 1 amide bonds. The zero-order chi connectivity index (χ0) is 19.0. The average Bonchev–Trinajstić information content (AvgIpc) is 2.87. The van der Waals surface area contributed by atoms with Gasteiger partial charge in [0.05, 0.1) is 19.9 Å². The van der Waals surface area contributed by atoms with Crippen LogP contribution < -0.4 is 14.8 Å². The van der Waals surface area contributed by atoms with E-state index in [1.165, 1.54) is 5.56 Å². The van der Waals surface area contributed by atoms with Crippen LogP contribution in [0.2, 0.25) is 0 Å². The maximum atomic E-state index is 13.2. The van der Waals surface area contributed by atoms with Crippen LogP contribution in [0.3, 0.4) is 0 Å². The fourth-order valence-electron chi connectivity index (χ4n) is 3.99. The van der Waals surface area contributed by atoms with Crippen molar-refractivity contribution in [3.8, 4) is 22.8 Å². The van der Waals surface area contributed by atoms with Crippen molar-refractivity contribution in [1.29, 1.82) is 0 Å². The van der Waals surface area contributed by atoms with E-state index in [9.17, 15) is 4.79 Å². The van der Waals surface area contributed by atoms with Crippen LogP contribution in [0.5, 0.6) is 11.5 Å². The molecule has 0 bridgehead atoms. The van der Waals surface area contributed by atoms with Crippen molar-refractivity contribution in [2.45, 2.75) is 19.4 Å². The Balaban J connectivity index is 1.76. The molecule has 1 N–H and O–H groups in total. The molecule has 2 aromatic rings. The van der Waals surface area contributed by atoms with Gasteiger partial charge in [-0.25, -0.2) is 0 Å². The standard InChI is InChI=1S/C20H24BrN3O3/c1-26-17-10-13-4-8-24-16(20(25)23-7-3-5-22-6-9-23)12-15(21)19(24)14(13)11-18(17)27-2/h10-12,22H,3-9H2,1-2H3. The van der Waals surface area contributed by atoms with Crippen molar-refractivity contribution in [1.82, 2.24) is 14.8 Å². The summed E-state index contributed by atoms with van der Waals surface area (Å²) >= 11 is 3.69. The van der Waals surface area contributed by atoms with Crippen molar-refractivity contribution >= 4 is 21.8 Å². The minimum Gasteiger partial charge on any atom is -0.493 e. The van der Waals surface area contributed by atoms with E-state index in [4.69, 9.17) is 9.47 Å². The number of aryl methyl sites for hydroxylation is 1. The summed E-state index contributed by atoms with van der Waals surface area (Å²) in [6.07, 6.45) is 1.84. The molecule has 144 valence electrons. The van der Waals surface area contributed by atoms with Crippen LogP contribution in [0.1, 0.15) is 22.5 Å². The Bertz CT molecular complexity index is 870. The third-order valence-electron chi connectivity index (χ3n) is 5.37. The number of halogens is 1. The van der Waals surface area contributed by atoms with Crippen LogP contribution >= 0.6 is 15.9 Å². The summed E-state index contributed by atoms with van der Waals surface area (Å²) in [5, 5.41) is 3.35. The van der Waals surface area contributed by atoms with Crippen LogP contribution in [-0.4, -0.2) is 55.8 Å². The Labute approximate surface area is 167 Å². The number of amides is 1. The highest BCUT2D eigenvalue weighted by Crippen LogP contribution is 2.42. The normalized spacial score (nSPS) is 16.3. The van der Waals surface area contributed by atoms with E-state index < -0.39 is 0 Å². The molecule has 2 aliphatic heterocycles. The first-order chi connectivity index (χ1) is 13.1. The Morgan fingerprint density at radius 1 is 1.07 bits per heavy atom.